The number of rotatable bonds is 5. The topological polar surface area (TPSA) is 28.5 Å². The smallest absolute Gasteiger partial charge is 0.0854 e. The highest BCUT2D eigenvalue weighted by atomic mass is 15.2. The van der Waals surface area contributed by atoms with E-state index in [0.29, 0.717) is 0 Å². The van der Waals surface area contributed by atoms with Crippen LogP contribution in [0.3, 0.4) is 0 Å². The van der Waals surface area contributed by atoms with Crippen LogP contribution in [-0.2, 0) is 17.4 Å². The third-order valence-corrected chi connectivity index (χ3v) is 7.43. The number of hydrogen-bond donors (Lipinski definition) is 0. The lowest BCUT2D eigenvalue weighted by atomic mass is 9.61. The van der Waals surface area contributed by atoms with Crippen molar-refractivity contribution >= 4 is 11.9 Å². The van der Waals surface area contributed by atoms with Gasteiger partial charge in [0.1, 0.15) is 0 Å². The molecular formula is C27H35N3. The van der Waals surface area contributed by atoms with Crippen molar-refractivity contribution in [2.45, 2.75) is 71.3 Å². The van der Waals surface area contributed by atoms with Gasteiger partial charge in [-0.15, -0.1) is 0 Å². The summed E-state index contributed by atoms with van der Waals surface area (Å²) in [6.45, 7) is 19.0. The number of aryl methyl sites for hydroxylation is 1. The lowest BCUT2D eigenvalue weighted by Crippen LogP contribution is -2.35. The zero-order valence-corrected chi connectivity index (χ0v) is 19.3. The van der Waals surface area contributed by atoms with Crippen LogP contribution in [0.4, 0.5) is 0 Å². The number of hydrogen-bond acceptors (Lipinski definition) is 3. The molecule has 0 spiro atoms. The van der Waals surface area contributed by atoms with E-state index in [2.05, 4.69) is 75.4 Å². The number of benzene rings is 1. The van der Waals surface area contributed by atoms with E-state index in [4.69, 9.17) is 4.98 Å². The first-order valence-electron chi connectivity index (χ1n) is 11.3. The average molecular weight is 402 g/mol. The Hall–Kier alpha value is -2.42. The minimum absolute atomic E-state index is 0.196. The number of fused-ring (bicyclic) bond motifs is 1. The van der Waals surface area contributed by atoms with E-state index in [-0.39, 0.29) is 10.8 Å². The molecule has 1 atom stereocenters. The van der Waals surface area contributed by atoms with Crippen LogP contribution in [0, 0.1) is 6.92 Å². The van der Waals surface area contributed by atoms with Crippen molar-refractivity contribution in [2.24, 2.45) is 4.99 Å². The van der Waals surface area contributed by atoms with Gasteiger partial charge >= 0.3 is 0 Å². The Morgan fingerprint density at radius 3 is 2.57 bits per heavy atom. The molecule has 2 heterocycles. The van der Waals surface area contributed by atoms with Crippen LogP contribution in [0.1, 0.15) is 80.5 Å². The Bertz CT molecular complexity index is 984. The van der Waals surface area contributed by atoms with Gasteiger partial charge in [-0.25, -0.2) is 0 Å². The molecule has 1 aromatic carbocycles. The molecule has 158 valence electrons. The Morgan fingerprint density at radius 1 is 1.13 bits per heavy atom. The van der Waals surface area contributed by atoms with Gasteiger partial charge in [0.25, 0.3) is 0 Å². The number of nitrogens with zero attached hydrogens (tertiary/aromatic N) is 3. The molecule has 3 heteroatoms. The molecule has 1 unspecified atom stereocenters. The minimum Gasteiger partial charge on any atom is -0.357 e. The molecule has 30 heavy (non-hydrogen) atoms. The van der Waals surface area contributed by atoms with Crippen molar-refractivity contribution in [3.63, 3.8) is 0 Å². The zero-order valence-electron chi connectivity index (χ0n) is 19.3. The van der Waals surface area contributed by atoms with Gasteiger partial charge in [-0.1, -0.05) is 46.4 Å². The van der Waals surface area contributed by atoms with Gasteiger partial charge in [-0.2, -0.15) is 0 Å². The highest BCUT2D eigenvalue weighted by Crippen LogP contribution is 2.48. The van der Waals surface area contributed by atoms with Crippen molar-refractivity contribution in [3.05, 3.63) is 70.6 Å². The molecular weight excluding hydrogens is 366 g/mol. The number of aliphatic imine (C=N–C) groups is 1. The number of pyridine rings is 1. The van der Waals surface area contributed by atoms with Crippen molar-refractivity contribution in [2.75, 3.05) is 13.1 Å². The highest BCUT2D eigenvalue weighted by Gasteiger charge is 2.39. The molecule has 1 aliphatic carbocycles. The van der Waals surface area contributed by atoms with Gasteiger partial charge in [0.05, 0.1) is 18.6 Å². The van der Waals surface area contributed by atoms with Crippen LogP contribution in [0.2, 0.25) is 0 Å². The Morgan fingerprint density at radius 2 is 1.93 bits per heavy atom. The summed E-state index contributed by atoms with van der Waals surface area (Å²) in [6, 6.07) is 9.13. The van der Waals surface area contributed by atoms with Crippen molar-refractivity contribution in [3.8, 4) is 0 Å². The van der Waals surface area contributed by atoms with Gasteiger partial charge in [-0.3, -0.25) is 9.98 Å². The summed E-state index contributed by atoms with van der Waals surface area (Å²) in [5.74, 6) is 0. The van der Waals surface area contributed by atoms with E-state index < -0.39 is 0 Å². The van der Waals surface area contributed by atoms with Crippen LogP contribution >= 0.6 is 0 Å². The largest absolute Gasteiger partial charge is 0.357 e. The second kappa shape index (κ2) is 7.68. The summed E-state index contributed by atoms with van der Waals surface area (Å²) in [4.78, 5) is 11.3. The summed E-state index contributed by atoms with van der Waals surface area (Å²) in [5.41, 5.74) is 9.21. The molecule has 0 amide bonds. The van der Waals surface area contributed by atoms with Gasteiger partial charge in [0.2, 0.25) is 0 Å². The predicted octanol–water partition coefficient (Wildman–Crippen LogP) is 6.03. The maximum atomic E-state index is 4.76. The molecule has 0 fully saturated rings. The zero-order chi connectivity index (χ0) is 21.5. The molecule has 0 saturated carbocycles. The Labute approximate surface area is 182 Å². The first-order chi connectivity index (χ1) is 14.2. The quantitative estimate of drug-likeness (QED) is 0.611. The van der Waals surface area contributed by atoms with Gasteiger partial charge in [-0.05, 0) is 77.0 Å². The van der Waals surface area contributed by atoms with Crippen LogP contribution in [-0.4, -0.2) is 29.3 Å². The van der Waals surface area contributed by atoms with E-state index in [0.717, 1.165) is 30.9 Å². The number of aromatic nitrogens is 1. The minimum atomic E-state index is 0.196. The van der Waals surface area contributed by atoms with Crippen LogP contribution in [0.5, 0.6) is 0 Å². The molecule has 3 nitrogen and oxygen atoms in total. The highest BCUT2D eigenvalue weighted by molar-refractivity contribution is 5.79. The fourth-order valence-corrected chi connectivity index (χ4v) is 4.92. The monoisotopic (exact) mass is 401 g/mol. The summed E-state index contributed by atoms with van der Waals surface area (Å²) < 4.78 is 0. The molecule has 2 aliphatic rings. The molecule has 0 saturated heterocycles. The van der Waals surface area contributed by atoms with Crippen LogP contribution < -0.4 is 0 Å². The summed E-state index contributed by atoms with van der Waals surface area (Å²) in [6.07, 6.45) is 7.59. The molecule has 1 aliphatic heterocycles. The van der Waals surface area contributed by atoms with Gasteiger partial charge in [0.15, 0.2) is 0 Å². The third-order valence-electron chi connectivity index (χ3n) is 7.43. The molecule has 0 N–H and O–H groups in total. The van der Waals surface area contributed by atoms with Crippen LogP contribution in [0.15, 0.2) is 42.0 Å². The first kappa shape index (κ1) is 20.8. The van der Waals surface area contributed by atoms with Crippen molar-refractivity contribution in [1.29, 1.82) is 0 Å². The predicted molar refractivity (Wildman–Crippen MR) is 127 cm³/mol. The molecule has 4 rings (SSSR count). The van der Waals surface area contributed by atoms with E-state index >= 15 is 0 Å². The summed E-state index contributed by atoms with van der Waals surface area (Å²) in [5, 5.41) is 0. The molecule has 0 radical (unpaired) electrons. The standard InChI is InChI=1S/C27H35N3/c1-7-27(6)11-10-26(4,5)23-15-22(19(2)14-24(23)27)20(3)25-9-8-21(16-29-25)17-30-13-12-28-18-30/h8-9,14-16,18H,3,7,10-13,17H2,1-2,4-6H3. The maximum absolute atomic E-state index is 4.76. The molecule has 2 aromatic rings. The average Bonchev–Trinajstić information content (AvgIpc) is 3.24. The van der Waals surface area contributed by atoms with E-state index in [1.165, 1.54) is 47.1 Å². The Kier molecular flexibility index (Phi) is 5.34. The first-order valence-corrected chi connectivity index (χ1v) is 11.3. The second-order valence-electron chi connectivity index (χ2n) is 10.0. The summed E-state index contributed by atoms with van der Waals surface area (Å²) >= 11 is 0. The van der Waals surface area contributed by atoms with E-state index in [1.807, 2.05) is 12.5 Å². The SMILES string of the molecule is C=C(c1ccc(CN2C=NCC2)cn1)c1cc2c(cc1C)C(C)(CC)CCC2(C)C. The molecule has 0 bridgehead atoms. The third kappa shape index (κ3) is 3.71. The van der Waals surface area contributed by atoms with Crippen molar-refractivity contribution < 1.29 is 0 Å². The van der Waals surface area contributed by atoms with Crippen molar-refractivity contribution in [1.82, 2.24) is 9.88 Å². The normalized spacial score (nSPS) is 22.2. The fourth-order valence-electron chi connectivity index (χ4n) is 4.92. The summed E-state index contributed by atoms with van der Waals surface area (Å²) in [7, 11) is 0. The lowest BCUT2D eigenvalue weighted by Gasteiger charge is -2.44. The van der Waals surface area contributed by atoms with Gasteiger partial charge < -0.3 is 4.90 Å². The Balaban J connectivity index is 1.65. The second-order valence-corrected chi connectivity index (χ2v) is 10.0. The van der Waals surface area contributed by atoms with Crippen LogP contribution in [0.25, 0.3) is 5.57 Å². The lowest BCUT2D eigenvalue weighted by molar-refractivity contribution is 0.304. The van der Waals surface area contributed by atoms with Gasteiger partial charge in [0, 0.05) is 24.9 Å². The van der Waals surface area contributed by atoms with E-state index in [9.17, 15) is 0 Å². The van der Waals surface area contributed by atoms with E-state index in [1.54, 1.807) is 0 Å². The molecule has 1 aromatic heterocycles. The maximum Gasteiger partial charge on any atom is 0.0854 e. The fraction of sp³-hybridized carbons (Fsp3) is 0.481.